The minimum absolute atomic E-state index is 0.245. The van der Waals surface area contributed by atoms with Crippen LogP contribution in [0.2, 0.25) is 0 Å². The average molecular weight is 479 g/mol. The standard InChI is InChI=1S/C26H30N4O3S/c1-19-4-5-20(2)25(18-19)34(32,33)28-23-8-6-21(7-9-23)26(31)27-22-10-12-24(13-11-22)30-16-14-29(3)15-17-30/h4-13,18,28H,14-17H2,1-3H3,(H,27,31). The van der Waals surface area contributed by atoms with Crippen molar-refractivity contribution in [3.63, 3.8) is 0 Å². The van der Waals surface area contributed by atoms with E-state index in [1.807, 2.05) is 37.3 Å². The highest BCUT2D eigenvalue weighted by atomic mass is 32.2. The molecule has 3 aromatic carbocycles. The van der Waals surface area contributed by atoms with Crippen molar-refractivity contribution in [2.24, 2.45) is 0 Å². The Bertz CT molecular complexity index is 1260. The first-order chi connectivity index (χ1) is 16.2. The first-order valence-electron chi connectivity index (χ1n) is 11.3. The van der Waals surface area contributed by atoms with E-state index in [-0.39, 0.29) is 10.8 Å². The fourth-order valence-corrected chi connectivity index (χ4v) is 5.31. The molecule has 0 unspecified atom stereocenters. The van der Waals surface area contributed by atoms with Gasteiger partial charge in [0.1, 0.15) is 0 Å². The molecule has 1 aliphatic heterocycles. The Kier molecular flexibility index (Phi) is 6.90. The van der Waals surface area contributed by atoms with Crippen molar-refractivity contribution in [3.05, 3.63) is 83.4 Å². The van der Waals surface area contributed by atoms with Crippen molar-refractivity contribution in [1.29, 1.82) is 0 Å². The fraction of sp³-hybridized carbons (Fsp3) is 0.269. The normalized spacial score (nSPS) is 14.6. The molecule has 0 bridgehead atoms. The molecular weight excluding hydrogens is 448 g/mol. The highest BCUT2D eigenvalue weighted by Crippen LogP contribution is 2.22. The number of amides is 1. The van der Waals surface area contributed by atoms with Gasteiger partial charge in [0.2, 0.25) is 0 Å². The number of carbonyl (C=O) groups excluding carboxylic acids is 1. The third-order valence-electron chi connectivity index (χ3n) is 6.03. The summed E-state index contributed by atoms with van der Waals surface area (Å²) in [6.45, 7) is 7.67. The maximum atomic E-state index is 12.8. The van der Waals surface area contributed by atoms with Gasteiger partial charge in [-0.1, -0.05) is 12.1 Å². The lowest BCUT2D eigenvalue weighted by Crippen LogP contribution is -2.44. The molecule has 34 heavy (non-hydrogen) atoms. The minimum atomic E-state index is -3.72. The zero-order chi connectivity index (χ0) is 24.3. The van der Waals surface area contributed by atoms with E-state index in [0.717, 1.165) is 37.4 Å². The Morgan fingerprint density at radius 3 is 2.09 bits per heavy atom. The zero-order valence-electron chi connectivity index (χ0n) is 19.7. The molecule has 8 heteroatoms. The Morgan fingerprint density at radius 1 is 0.824 bits per heavy atom. The third kappa shape index (κ3) is 5.58. The number of benzene rings is 3. The molecule has 0 atom stereocenters. The van der Waals surface area contributed by atoms with E-state index < -0.39 is 10.0 Å². The van der Waals surface area contributed by atoms with Gasteiger partial charge in [-0.25, -0.2) is 8.42 Å². The van der Waals surface area contributed by atoms with Crippen molar-refractivity contribution in [3.8, 4) is 0 Å². The van der Waals surface area contributed by atoms with Crippen LogP contribution in [0, 0.1) is 13.8 Å². The van der Waals surface area contributed by atoms with Gasteiger partial charge in [0.05, 0.1) is 4.90 Å². The lowest BCUT2D eigenvalue weighted by Gasteiger charge is -2.34. The number of carbonyl (C=O) groups is 1. The number of nitrogens with one attached hydrogen (secondary N) is 2. The molecule has 1 heterocycles. The van der Waals surface area contributed by atoms with Crippen LogP contribution >= 0.6 is 0 Å². The average Bonchev–Trinajstić information content (AvgIpc) is 2.82. The number of hydrogen-bond donors (Lipinski definition) is 2. The van der Waals surface area contributed by atoms with E-state index >= 15 is 0 Å². The number of aryl methyl sites for hydroxylation is 2. The Morgan fingerprint density at radius 2 is 1.44 bits per heavy atom. The number of piperazine rings is 1. The van der Waals surface area contributed by atoms with Gasteiger partial charge in [0, 0.05) is 48.8 Å². The van der Waals surface area contributed by atoms with E-state index in [1.165, 1.54) is 0 Å². The number of anilines is 3. The predicted octanol–water partition coefficient (Wildman–Crippen LogP) is 4.11. The summed E-state index contributed by atoms with van der Waals surface area (Å²) in [5, 5.41) is 2.90. The molecule has 4 rings (SSSR count). The summed E-state index contributed by atoms with van der Waals surface area (Å²) in [4.78, 5) is 17.6. The molecule has 0 spiro atoms. The number of rotatable bonds is 6. The number of hydrogen-bond acceptors (Lipinski definition) is 5. The minimum Gasteiger partial charge on any atom is -0.369 e. The van der Waals surface area contributed by atoms with Crippen LogP contribution in [-0.4, -0.2) is 52.5 Å². The van der Waals surface area contributed by atoms with E-state index in [4.69, 9.17) is 0 Å². The molecule has 2 N–H and O–H groups in total. The molecule has 1 amide bonds. The fourth-order valence-electron chi connectivity index (χ4n) is 3.92. The van der Waals surface area contributed by atoms with Crippen LogP contribution < -0.4 is 14.9 Å². The maximum Gasteiger partial charge on any atom is 0.262 e. The van der Waals surface area contributed by atoms with Gasteiger partial charge in [-0.15, -0.1) is 0 Å². The van der Waals surface area contributed by atoms with Crippen LogP contribution in [0.15, 0.2) is 71.6 Å². The predicted molar refractivity (Wildman–Crippen MR) is 137 cm³/mol. The molecule has 0 aliphatic carbocycles. The SMILES string of the molecule is Cc1ccc(C)c(S(=O)(=O)Nc2ccc(C(=O)Nc3ccc(N4CCN(C)CC4)cc3)cc2)c1. The molecular formula is C26H30N4O3S. The van der Waals surface area contributed by atoms with Crippen LogP contribution in [0.5, 0.6) is 0 Å². The van der Waals surface area contributed by atoms with Crippen LogP contribution in [0.25, 0.3) is 0 Å². The second kappa shape index (κ2) is 9.87. The summed E-state index contributed by atoms with van der Waals surface area (Å²) in [7, 11) is -1.59. The van der Waals surface area contributed by atoms with Crippen molar-refractivity contribution in [2.45, 2.75) is 18.7 Å². The van der Waals surface area contributed by atoms with Crippen LogP contribution in [-0.2, 0) is 10.0 Å². The number of nitrogens with zero attached hydrogens (tertiary/aromatic N) is 2. The molecule has 1 fully saturated rings. The van der Waals surface area contributed by atoms with Crippen molar-refractivity contribution in [1.82, 2.24) is 4.90 Å². The summed E-state index contributed by atoms with van der Waals surface area (Å²) in [6, 6.07) is 19.5. The lowest BCUT2D eigenvalue weighted by molar-refractivity contribution is 0.102. The van der Waals surface area contributed by atoms with Gasteiger partial charge in [-0.2, -0.15) is 0 Å². The van der Waals surface area contributed by atoms with Gasteiger partial charge in [-0.3, -0.25) is 9.52 Å². The second-order valence-electron chi connectivity index (χ2n) is 8.74. The second-order valence-corrected chi connectivity index (χ2v) is 10.4. The van der Waals surface area contributed by atoms with Crippen LogP contribution in [0.1, 0.15) is 21.5 Å². The first kappa shape index (κ1) is 23.8. The van der Waals surface area contributed by atoms with Crippen LogP contribution in [0.4, 0.5) is 17.1 Å². The van der Waals surface area contributed by atoms with Gasteiger partial charge in [0.15, 0.2) is 0 Å². The molecule has 3 aromatic rings. The van der Waals surface area contributed by atoms with Gasteiger partial charge < -0.3 is 15.1 Å². The Hall–Kier alpha value is -3.36. The van der Waals surface area contributed by atoms with Crippen molar-refractivity contribution < 1.29 is 13.2 Å². The quantitative estimate of drug-likeness (QED) is 0.557. The van der Waals surface area contributed by atoms with Crippen LogP contribution in [0.3, 0.4) is 0 Å². The van der Waals surface area contributed by atoms with Crippen molar-refractivity contribution >= 4 is 33.0 Å². The molecule has 7 nitrogen and oxygen atoms in total. The topological polar surface area (TPSA) is 81.7 Å². The number of sulfonamides is 1. The van der Waals surface area contributed by atoms with E-state index in [2.05, 4.69) is 26.9 Å². The van der Waals surface area contributed by atoms with Gasteiger partial charge >= 0.3 is 0 Å². The number of likely N-dealkylation sites (N-methyl/N-ethyl adjacent to an activating group) is 1. The van der Waals surface area contributed by atoms with Gasteiger partial charge in [-0.05, 0) is 86.6 Å². The Labute approximate surface area is 201 Å². The molecule has 1 aliphatic rings. The highest BCUT2D eigenvalue weighted by molar-refractivity contribution is 7.92. The lowest BCUT2D eigenvalue weighted by atomic mass is 10.2. The summed E-state index contributed by atoms with van der Waals surface area (Å²) in [5.74, 6) is -0.253. The summed E-state index contributed by atoms with van der Waals surface area (Å²) >= 11 is 0. The summed E-state index contributed by atoms with van der Waals surface area (Å²) < 4.78 is 28.2. The molecule has 0 aromatic heterocycles. The molecule has 0 radical (unpaired) electrons. The summed E-state index contributed by atoms with van der Waals surface area (Å²) in [5.41, 5.74) is 4.24. The molecule has 178 valence electrons. The monoisotopic (exact) mass is 478 g/mol. The highest BCUT2D eigenvalue weighted by Gasteiger charge is 2.18. The largest absolute Gasteiger partial charge is 0.369 e. The molecule has 0 saturated carbocycles. The van der Waals surface area contributed by atoms with E-state index in [9.17, 15) is 13.2 Å². The van der Waals surface area contributed by atoms with E-state index in [1.54, 1.807) is 43.3 Å². The van der Waals surface area contributed by atoms with Gasteiger partial charge in [0.25, 0.3) is 15.9 Å². The zero-order valence-corrected chi connectivity index (χ0v) is 20.5. The maximum absolute atomic E-state index is 12.8. The third-order valence-corrected chi connectivity index (χ3v) is 7.55. The smallest absolute Gasteiger partial charge is 0.262 e. The Balaban J connectivity index is 1.39. The summed E-state index contributed by atoms with van der Waals surface area (Å²) in [6.07, 6.45) is 0. The van der Waals surface area contributed by atoms with Crippen molar-refractivity contribution in [2.75, 3.05) is 48.2 Å². The first-order valence-corrected chi connectivity index (χ1v) is 12.7. The molecule has 1 saturated heterocycles. The van der Waals surface area contributed by atoms with E-state index in [0.29, 0.717) is 22.5 Å².